The van der Waals surface area contributed by atoms with Gasteiger partial charge in [0, 0.05) is 0 Å². The van der Waals surface area contributed by atoms with Crippen molar-refractivity contribution in [1.82, 2.24) is 0 Å². The van der Waals surface area contributed by atoms with Gasteiger partial charge in [0.25, 0.3) is 5.63 Å². The fourth-order valence-electron chi connectivity index (χ4n) is 0.380. The third-order valence-electron chi connectivity index (χ3n) is 0.920. The van der Waals surface area contributed by atoms with Gasteiger partial charge in [-0.15, -0.1) is 0 Å². The van der Waals surface area contributed by atoms with Crippen molar-refractivity contribution in [3.63, 3.8) is 0 Å². The lowest BCUT2D eigenvalue weighted by molar-refractivity contribution is -0.146. The molecule has 0 rings (SSSR count). The minimum Gasteiger partial charge on any atom is -0.463 e. The first kappa shape index (κ1) is 9.69. The standard InChI is InChI=1S/C6H10ClFO2/c1-2-3-4-10-6(9)5(7)8/h5H,2-4H2,1H3/t5-/m1/s1. The average molecular weight is 169 g/mol. The van der Waals surface area contributed by atoms with Gasteiger partial charge in [0.15, 0.2) is 0 Å². The molecule has 10 heavy (non-hydrogen) atoms. The second kappa shape index (κ2) is 5.47. The molecule has 60 valence electrons. The van der Waals surface area contributed by atoms with E-state index in [1.165, 1.54) is 0 Å². The van der Waals surface area contributed by atoms with E-state index in [4.69, 9.17) is 11.6 Å². The van der Waals surface area contributed by atoms with Crippen LogP contribution in [-0.4, -0.2) is 18.2 Å². The molecule has 0 aromatic carbocycles. The molecule has 0 saturated heterocycles. The second-order valence-corrected chi connectivity index (χ2v) is 2.20. The molecular formula is C6H10ClFO2. The summed E-state index contributed by atoms with van der Waals surface area (Å²) in [6.07, 6.45) is 1.65. The fourth-order valence-corrected chi connectivity index (χ4v) is 0.443. The minimum atomic E-state index is -2.02. The Bertz CT molecular complexity index is 106. The van der Waals surface area contributed by atoms with Crippen molar-refractivity contribution in [3.05, 3.63) is 0 Å². The Hall–Kier alpha value is -0.310. The van der Waals surface area contributed by atoms with Crippen LogP contribution in [0.3, 0.4) is 0 Å². The first-order valence-corrected chi connectivity index (χ1v) is 3.57. The summed E-state index contributed by atoms with van der Waals surface area (Å²) in [5, 5.41) is 0. The highest BCUT2D eigenvalue weighted by Gasteiger charge is 2.13. The molecule has 0 aliphatic rings. The van der Waals surface area contributed by atoms with Gasteiger partial charge in [-0.05, 0) is 6.42 Å². The van der Waals surface area contributed by atoms with E-state index in [1.807, 2.05) is 6.92 Å². The molecule has 0 bridgehead atoms. The maximum atomic E-state index is 11.8. The van der Waals surface area contributed by atoms with Crippen molar-refractivity contribution in [2.45, 2.75) is 25.4 Å². The van der Waals surface area contributed by atoms with Gasteiger partial charge in [0.05, 0.1) is 6.61 Å². The highest BCUT2D eigenvalue weighted by Crippen LogP contribution is 2.00. The molecule has 1 atom stereocenters. The number of carbonyl (C=O) groups excluding carboxylic acids is 1. The van der Waals surface area contributed by atoms with Gasteiger partial charge < -0.3 is 4.74 Å². The van der Waals surface area contributed by atoms with Crippen molar-refractivity contribution in [3.8, 4) is 0 Å². The van der Waals surface area contributed by atoms with E-state index in [2.05, 4.69) is 4.74 Å². The molecule has 0 aromatic heterocycles. The third-order valence-corrected chi connectivity index (χ3v) is 1.10. The quantitative estimate of drug-likeness (QED) is 0.364. The molecule has 0 unspecified atom stereocenters. The summed E-state index contributed by atoms with van der Waals surface area (Å²) in [5.41, 5.74) is -2.02. The van der Waals surface area contributed by atoms with Crippen molar-refractivity contribution in [2.75, 3.05) is 6.61 Å². The summed E-state index contributed by atoms with van der Waals surface area (Å²) in [7, 11) is 0. The highest BCUT2D eigenvalue weighted by molar-refractivity contribution is 6.28. The van der Waals surface area contributed by atoms with E-state index in [0.717, 1.165) is 12.8 Å². The topological polar surface area (TPSA) is 26.3 Å². The Balaban J connectivity index is 3.22. The molecule has 0 N–H and O–H groups in total. The number of hydrogen-bond donors (Lipinski definition) is 0. The highest BCUT2D eigenvalue weighted by atomic mass is 35.5. The number of hydrogen-bond acceptors (Lipinski definition) is 2. The normalized spacial score (nSPS) is 12.7. The summed E-state index contributed by atoms with van der Waals surface area (Å²) in [6.45, 7) is 2.20. The van der Waals surface area contributed by atoms with Gasteiger partial charge in [-0.2, -0.15) is 0 Å². The zero-order valence-corrected chi connectivity index (χ0v) is 6.53. The van der Waals surface area contributed by atoms with Gasteiger partial charge >= 0.3 is 5.97 Å². The Labute approximate surface area is 64.3 Å². The first-order valence-electron chi connectivity index (χ1n) is 3.13. The number of ether oxygens (including phenoxy) is 1. The van der Waals surface area contributed by atoms with Crippen LogP contribution in [0.15, 0.2) is 0 Å². The molecule has 4 heteroatoms. The largest absolute Gasteiger partial charge is 0.463 e. The summed E-state index contributed by atoms with van der Waals surface area (Å²) in [5.74, 6) is -0.991. The molecule has 0 aliphatic carbocycles. The van der Waals surface area contributed by atoms with E-state index >= 15 is 0 Å². The van der Waals surface area contributed by atoms with E-state index in [9.17, 15) is 9.18 Å². The summed E-state index contributed by atoms with van der Waals surface area (Å²) >= 11 is 4.77. The number of unbranched alkanes of at least 4 members (excludes halogenated alkanes) is 1. The number of rotatable bonds is 4. The lowest BCUT2D eigenvalue weighted by Gasteiger charge is -2.01. The molecule has 0 aliphatic heterocycles. The van der Waals surface area contributed by atoms with Crippen LogP contribution < -0.4 is 0 Å². The zero-order valence-electron chi connectivity index (χ0n) is 5.77. The molecule has 2 nitrogen and oxygen atoms in total. The molecule has 0 saturated carbocycles. The number of carbonyl (C=O) groups is 1. The van der Waals surface area contributed by atoms with Crippen LogP contribution >= 0.6 is 11.6 Å². The van der Waals surface area contributed by atoms with Gasteiger partial charge in [0.1, 0.15) is 0 Å². The van der Waals surface area contributed by atoms with E-state index in [1.54, 1.807) is 0 Å². The average Bonchev–Trinajstić information content (AvgIpc) is 1.88. The third kappa shape index (κ3) is 4.56. The monoisotopic (exact) mass is 168 g/mol. The van der Waals surface area contributed by atoms with Crippen LogP contribution in [0, 0.1) is 0 Å². The SMILES string of the molecule is CCCCOC(=O)[C@@H](F)Cl. The lowest BCUT2D eigenvalue weighted by Crippen LogP contribution is -2.13. The van der Waals surface area contributed by atoms with Gasteiger partial charge in [-0.1, -0.05) is 24.9 Å². The molecule has 0 heterocycles. The van der Waals surface area contributed by atoms with Crippen molar-refractivity contribution >= 4 is 17.6 Å². The van der Waals surface area contributed by atoms with Crippen LogP contribution in [0.2, 0.25) is 0 Å². The van der Waals surface area contributed by atoms with Gasteiger partial charge in [-0.3, -0.25) is 0 Å². The Morgan fingerprint density at radius 3 is 2.80 bits per heavy atom. The molecule has 0 fully saturated rings. The van der Waals surface area contributed by atoms with Gasteiger partial charge in [-0.25, -0.2) is 9.18 Å². The fraction of sp³-hybridized carbons (Fsp3) is 0.833. The summed E-state index contributed by atoms with van der Waals surface area (Å²) < 4.78 is 16.2. The predicted octanol–water partition coefficient (Wildman–Crippen LogP) is 1.86. The maximum absolute atomic E-state index is 11.8. The number of esters is 1. The smallest absolute Gasteiger partial charge is 0.356 e. The van der Waals surface area contributed by atoms with Crippen LogP contribution in [0.1, 0.15) is 19.8 Å². The molecule has 0 aromatic rings. The summed E-state index contributed by atoms with van der Waals surface area (Å²) in [4.78, 5) is 10.3. The van der Waals surface area contributed by atoms with Crippen LogP contribution in [0.5, 0.6) is 0 Å². The number of alkyl halides is 2. The molecule has 0 spiro atoms. The molecule has 0 radical (unpaired) electrons. The first-order chi connectivity index (χ1) is 4.68. The van der Waals surface area contributed by atoms with Crippen LogP contribution in [-0.2, 0) is 9.53 Å². The second-order valence-electron chi connectivity index (χ2n) is 1.82. The Morgan fingerprint density at radius 2 is 2.40 bits per heavy atom. The van der Waals surface area contributed by atoms with E-state index < -0.39 is 11.6 Å². The maximum Gasteiger partial charge on any atom is 0.356 e. The van der Waals surface area contributed by atoms with Crippen LogP contribution in [0.4, 0.5) is 4.39 Å². The Kier molecular flexibility index (Phi) is 5.30. The van der Waals surface area contributed by atoms with E-state index in [0.29, 0.717) is 0 Å². The van der Waals surface area contributed by atoms with Crippen molar-refractivity contribution in [2.24, 2.45) is 0 Å². The molecular weight excluding hydrogens is 159 g/mol. The number of halogens is 2. The molecule has 0 amide bonds. The minimum absolute atomic E-state index is 0.252. The Morgan fingerprint density at radius 1 is 1.80 bits per heavy atom. The predicted molar refractivity (Wildman–Crippen MR) is 36.6 cm³/mol. The van der Waals surface area contributed by atoms with Crippen LogP contribution in [0.25, 0.3) is 0 Å². The van der Waals surface area contributed by atoms with Crippen molar-refractivity contribution in [1.29, 1.82) is 0 Å². The van der Waals surface area contributed by atoms with Crippen molar-refractivity contribution < 1.29 is 13.9 Å². The van der Waals surface area contributed by atoms with E-state index in [-0.39, 0.29) is 6.61 Å². The zero-order chi connectivity index (χ0) is 7.98. The lowest BCUT2D eigenvalue weighted by atomic mass is 10.4. The summed E-state index contributed by atoms with van der Waals surface area (Å²) in [6, 6.07) is 0. The van der Waals surface area contributed by atoms with Gasteiger partial charge in [0.2, 0.25) is 0 Å².